The van der Waals surface area contributed by atoms with Gasteiger partial charge in [0.1, 0.15) is 0 Å². The first-order valence-electron chi connectivity index (χ1n) is 5.08. The van der Waals surface area contributed by atoms with Crippen LogP contribution in [0.3, 0.4) is 0 Å². The molecule has 0 saturated heterocycles. The molecule has 0 aromatic rings. The monoisotopic (exact) mass is 187 g/mol. The van der Waals surface area contributed by atoms with Crippen molar-refractivity contribution in [1.82, 2.24) is 5.32 Å². The SMILES string of the molecule is CC1(C)CCCC1NC(CO)CO. The van der Waals surface area contributed by atoms with E-state index in [0.717, 1.165) is 6.42 Å². The van der Waals surface area contributed by atoms with Crippen LogP contribution in [0.4, 0.5) is 0 Å². The van der Waals surface area contributed by atoms with Gasteiger partial charge in [-0.3, -0.25) is 0 Å². The van der Waals surface area contributed by atoms with E-state index in [2.05, 4.69) is 19.2 Å². The van der Waals surface area contributed by atoms with E-state index in [-0.39, 0.29) is 19.3 Å². The van der Waals surface area contributed by atoms with Gasteiger partial charge in [-0.2, -0.15) is 0 Å². The van der Waals surface area contributed by atoms with E-state index in [4.69, 9.17) is 10.2 Å². The van der Waals surface area contributed by atoms with Crippen LogP contribution in [0.15, 0.2) is 0 Å². The van der Waals surface area contributed by atoms with E-state index in [1.54, 1.807) is 0 Å². The molecule has 3 N–H and O–H groups in total. The summed E-state index contributed by atoms with van der Waals surface area (Å²) in [5.41, 5.74) is 0.308. The standard InChI is InChI=1S/C10H21NO2/c1-10(2)5-3-4-9(10)11-8(6-12)7-13/h8-9,11-13H,3-7H2,1-2H3. The average Bonchev–Trinajstić information content (AvgIpc) is 2.41. The lowest BCUT2D eigenvalue weighted by atomic mass is 9.87. The van der Waals surface area contributed by atoms with E-state index < -0.39 is 0 Å². The van der Waals surface area contributed by atoms with Crippen LogP contribution < -0.4 is 5.32 Å². The van der Waals surface area contributed by atoms with Crippen molar-refractivity contribution in [2.45, 2.75) is 45.2 Å². The minimum absolute atomic E-state index is 0.0169. The van der Waals surface area contributed by atoms with Crippen molar-refractivity contribution >= 4 is 0 Å². The molecule has 0 aliphatic heterocycles. The Kier molecular flexibility index (Phi) is 3.71. The van der Waals surface area contributed by atoms with Gasteiger partial charge < -0.3 is 15.5 Å². The number of rotatable bonds is 4. The largest absolute Gasteiger partial charge is 0.395 e. The van der Waals surface area contributed by atoms with Crippen molar-refractivity contribution in [1.29, 1.82) is 0 Å². The summed E-state index contributed by atoms with van der Waals surface area (Å²) in [6.45, 7) is 4.51. The molecule has 0 aromatic heterocycles. The van der Waals surface area contributed by atoms with Gasteiger partial charge in [0.2, 0.25) is 0 Å². The summed E-state index contributed by atoms with van der Waals surface area (Å²) in [6, 6.07) is 0.291. The van der Waals surface area contributed by atoms with Crippen molar-refractivity contribution in [2.24, 2.45) is 5.41 Å². The molecular formula is C10H21NO2. The Morgan fingerprint density at radius 2 is 2.00 bits per heavy atom. The van der Waals surface area contributed by atoms with Gasteiger partial charge in [-0.05, 0) is 18.3 Å². The Morgan fingerprint density at radius 1 is 1.38 bits per heavy atom. The molecule has 0 amide bonds. The van der Waals surface area contributed by atoms with Gasteiger partial charge in [0, 0.05) is 6.04 Å². The van der Waals surface area contributed by atoms with E-state index in [9.17, 15) is 0 Å². The zero-order chi connectivity index (χ0) is 9.90. The molecule has 0 spiro atoms. The molecule has 1 aliphatic rings. The molecule has 1 atom stereocenters. The van der Waals surface area contributed by atoms with Gasteiger partial charge >= 0.3 is 0 Å². The van der Waals surface area contributed by atoms with Crippen molar-refractivity contribution in [2.75, 3.05) is 13.2 Å². The van der Waals surface area contributed by atoms with Crippen LogP contribution in [0.25, 0.3) is 0 Å². The first-order valence-corrected chi connectivity index (χ1v) is 5.08. The summed E-state index contributed by atoms with van der Waals surface area (Å²) in [7, 11) is 0. The minimum atomic E-state index is -0.151. The number of aliphatic hydroxyl groups is 2. The fourth-order valence-corrected chi connectivity index (χ4v) is 2.08. The number of hydrogen-bond donors (Lipinski definition) is 3. The lowest BCUT2D eigenvalue weighted by Gasteiger charge is -2.30. The molecule has 1 fully saturated rings. The molecule has 13 heavy (non-hydrogen) atoms. The minimum Gasteiger partial charge on any atom is -0.395 e. The second kappa shape index (κ2) is 4.40. The normalized spacial score (nSPS) is 27.0. The topological polar surface area (TPSA) is 52.5 Å². The van der Waals surface area contributed by atoms with Crippen molar-refractivity contribution < 1.29 is 10.2 Å². The molecule has 1 saturated carbocycles. The Hall–Kier alpha value is -0.120. The quantitative estimate of drug-likeness (QED) is 0.601. The van der Waals surface area contributed by atoms with E-state index >= 15 is 0 Å². The van der Waals surface area contributed by atoms with Gasteiger partial charge in [0.15, 0.2) is 0 Å². The first-order chi connectivity index (χ1) is 6.10. The molecule has 1 unspecified atom stereocenters. The van der Waals surface area contributed by atoms with E-state index in [0.29, 0.717) is 11.5 Å². The molecule has 0 bridgehead atoms. The highest BCUT2D eigenvalue weighted by Gasteiger charge is 2.35. The second-order valence-corrected chi connectivity index (χ2v) is 4.66. The van der Waals surface area contributed by atoms with Crippen LogP contribution in [0.1, 0.15) is 33.1 Å². The molecule has 1 rings (SSSR count). The summed E-state index contributed by atoms with van der Waals surface area (Å²) in [5, 5.41) is 21.2. The lowest BCUT2D eigenvalue weighted by molar-refractivity contribution is 0.143. The van der Waals surface area contributed by atoms with E-state index in [1.165, 1.54) is 12.8 Å². The van der Waals surface area contributed by atoms with Crippen LogP contribution in [0.2, 0.25) is 0 Å². The predicted molar refractivity (Wildman–Crippen MR) is 52.5 cm³/mol. The van der Waals surface area contributed by atoms with Crippen LogP contribution >= 0.6 is 0 Å². The van der Waals surface area contributed by atoms with Gasteiger partial charge in [-0.25, -0.2) is 0 Å². The molecule has 1 aliphatic carbocycles. The maximum Gasteiger partial charge on any atom is 0.0607 e. The molecular weight excluding hydrogens is 166 g/mol. The first kappa shape index (κ1) is 11.0. The number of hydrogen-bond acceptors (Lipinski definition) is 3. The van der Waals surface area contributed by atoms with Crippen LogP contribution in [-0.4, -0.2) is 35.5 Å². The number of nitrogens with one attached hydrogen (secondary N) is 1. The second-order valence-electron chi connectivity index (χ2n) is 4.66. The van der Waals surface area contributed by atoms with Crippen LogP contribution in [0, 0.1) is 5.41 Å². The Bertz CT molecular complexity index is 155. The average molecular weight is 187 g/mol. The Labute approximate surface area is 80.2 Å². The predicted octanol–water partition coefficient (Wildman–Crippen LogP) is 0.508. The number of aliphatic hydroxyl groups excluding tert-OH is 2. The lowest BCUT2D eigenvalue weighted by Crippen LogP contribution is -2.47. The maximum atomic E-state index is 8.93. The van der Waals surface area contributed by atoms with Gasteiger partial charge in [0.25, 0.3) is 0 Å². The summed E-state index contributed by atoms with van der Waals surface area (Å²) in [6.07, 6.45) is 3.63. The molecule has 3 heteroatoms. The summed E-state index contributed by atoms with van der Waals surface area (Å²) in [4.78, 5) is 0. The van der Waals surface area contributed by atoms with Crippen molar-refractivity contribution in [3.63, 3.8) is 0 Å². The molecule has 3 nitrogen and oxygen atoms in total. The highest BCUT2D eigenvalue weighted by Crippen LogP contribution is 2.37. The molecule has 0 heterocycles. The van der Waals surface area contributed by atoms with Crippen LogP contribution in [-0.2, 0) is 0 Å². The van der Waals surface area contributed by atoms with Crippen molar-refractivity contribution in [3.05, 3.63) is 0 Å². The fourth-order valence-electron chi connectivity index (χ4n) is 2.08. The molecule has 0 aromatic carbocycles. The summed E-state index contributed by atoms with van der Waals surface area (Å²) >= 11 is 0. The summed E-state index contributed by atoms with van der Waals surface area (Å²) in [5.74, 6) is 0. The van der Waals surface area contributed by atoms with Crippen molar-refractivity contribution in [3.8, 4) is 0 Å². The smallest absolute Gasteiger partial charge is 0.0607 e. The Balaban J connectivity index is 2.43. The van der Waals surface area contributed by atoms with E-state index in [1.807, 2.05) is 0 Å². The van der Waals surface area contributed by atoms with Crippen LogP contribution in [0.5, 0.6) is 0 Å². The molecule has 78 valence electrons. The van der Waals surface area contributed by atoms with Gasteiger partial charge in [-0.15, -0.1) is 0 Å². The Morgan fingerprint density at radius 3 is 2.38 bits per heavy atom. The third-order valence-corrected chi connectivity index (χ3v) is 3.13. The highest BCUT2D eigenvalue weighted by atomic mass is 16.3. The molecule has 0 radical (unpaired) electrons. The zero-order valence-electron chi connectivity index (χ0n) is 8.58. The summed E-state index contributed by atoms with van der Waals surface area (Å²) < 4.78 is 0. The third-order valence-electron chi connectivity index (χ3n) is 3.13. The zero-order valence-corrected chi connectivity index (χ0v) is 8.58. The highest BCUT2D eigenvalue weighted by molar-refractivity contribution is 4.91. The van der Waals surface area contributed by atoms with Gasteiger partial charge in [0.05, 0.1) is 19.3 Å². The maximum absolute atomic E-state index is 8.93. The van der Waals surface area contributed by atoms with Gasteiger partial charge in [-0.1, -0.05) is 20.3 Å². The third kappa shape index (κ3) is 2.66. The fraction of sp³-hybridized carbons (Fsp3) is 1.00.